The van der Waals surface area contributed by atoms with E-state index >= 15 is 0 Å². The Labute approximate surface area is 281 Å². The third kappa shape index (κ3) is 8.58. The number of halogens is 2. The standard InChI is InChI=1S/C37H39ClFN3O4S/c1-26-12-20-33(21-13-26)47(45,46)42(32-19-14-27(2)34(38)23-32)25-36(43)41(24-29-15-17-30(39)18-16-29)35(22-28-8-4-3-5-9-28)37(44)40-31-10-6-7-11-31/h3-5,8-9,12-21,23,31,35H,6-7,10-11,22,24-25H2,1-2H3,(H,40,44)/t35-/m1/s1. The second kappa shape index (κ2) is 15.1. The molecule has 0 aliphatic heterocycles. The van der Waals surface area contributed by atoms with Crippen molar-refractivity contribution in [2.24, 2.45) is 0 Å². The molecular formula is C37H39ClFN3O4S. The van der Waals surface area contributed by atoms with Crippen LogP contribution in [0.3, 0.4) is 0 Å². The van der Waals surface area contributed by atoms with E-state index in [1.807, 2.05) is 37.3 Å². The van der Waals surface area contributed by atoms with Crippen molar-refractivity contribution in [2.75, 3.05) is 10.8 Å². The van der Waals surface area contributed by atoms with E-state index in [9.17, 15) is 22.4 Å². The van der Waals surface area contributed by atoms with Crippen LogP contribution >= 0.6 is 11.6 Å². The Hall–Kier alpha value is -4.21. The molecule has 0 aromatic heterocycles. The minimum atomic E-state index is -4.25. The number of hydrogen-bond acceptors (Lipinski definition) is 4. The predicted octanol–water partition coefficient (Wildman–Crippen LogP) is 6.99. The normalized spacial score (nSPS) is 14.0. The van der Waals surface area contributed by atoms with Crippen molar-refractivity contribution < 1.29 is 22.4 Å². The second-order valence-electron chi connectivity index (χ2n) is 12.1. The molecule has 1 atom stereocenters. The monoisotopic (exact) mass is 675 g/mol. The lowest BCUT2D eigenvalue weighted by atomic mass is 10.0. The summed E-state index contributed by atoms with van der Waals surface area (Å²) in [7, 11) is -4.25. The molecule has 0 unspecified atom stereocenters. The second-order valence-corrected chi connectivity index (χ2v) is 14.4. The van der Waals surface area contributed by atoms with Crippen LogP contribution < -0.4 is 9.62 Å². The Morgan fingerprint density at radius 1 is 0.894 bits per heavy atom. The Morgan fingerprint density at radius 2 is 1.55 bits per heavy atom. The number of benzene rings is 4. The Kier molecular flexibility index (Phi) is 11.0. The first-order valence-corrected chi connectivity index (χ1v) is 17.6. The summed E-state index contributed by atoms with van der Waals surface area (Å²) < 4.78 is 43.4. The molecule has 246 valence electrons. The molecule has 0 bridgehead atoms. The van der Waals surface area contributed by atoms with Crippen LogP contribution in [0, 0.1) is 19.7 Å². The molecule has 1 saturated carbocycles. The highest BCUT2D eigenvalue weighted by Gasteiger charge is 2.35. The van der Waals surface area contributed by atoms with E-state index in [1.54, 1.807) is 43.3 Å². The number of amides is 2. The molecule has 4 aromatic rings. The van der Waals surface area contributed by atoms with E-state index in [-0.39, 0.29) is 35.5 Å². The molecule has 7 nitrogen and oxygen atoms in total. The number of carbonyl (C=O) groups is 2. The number of nitrogens with zero attached hydrogens (tertiary/aromatic N) is 2. The van der Waals surface area contributed by atoms with Crippen LogP contribution in [-0.2, 0) is 32.6 Å². The molecular weight excluding hydrogens is 637 g/mol. The molecule has 4 aromatic carbocycles. The molecule has 2 amide bonds. The van der Waals surface area contributed by atoms with Gasteiger partial charge in [-0.05, 0) is 79.8 Å². The van der Waals surface area contributed by atoms with Gasteiger partial charge in [-0.1, -0.05) is 90.7 Å². The van der Waals surface area contributed by atoms with E-state index in [4.69, 9.17) is 11.6 Å². The van der Waals surface area contributed by atoms with Crippen molar-refractivity contribution in [2.45, 2.75) is 69.5 Å². The van der Waals surface area contributed by atoms with Crippen LogP contribution in [0.25, 0.3) is 0 Å². The SMILES string of the molecule is Cc1ccc(S(=O)(=O)N(CC(=O)N(Cc2ccc(F)cc2)[C@H](Cc2ccccc2)C(=O)NC2CCCC2)c2ccc(C)c(Cl)c2)cc1. The lowest BCUT2D eigenvalue weighted by Crippen LogP contribution is -2.54. The van der Waals surface area contributed by atoms with Gasteiger partial charge in [-0.2, -0.15) is 0 Å². The van der Waals surface area contributed by atoms with Gasteiger partial charge < -0.3 is 10.2 Å². The van der Waals surface area contributed by atoms with Crippen LogP contribution in [0.15, 0.2) is 102 Å². The smallest absolute Gasteiger partial charge is 0.264 e. The average molecular weight is 676 g/mol. The molecule has 10 heteroatoms. The van der Waals surface area contributed by atoms with E-state index < -0.39 is 34.3 Å². The van der Waals surface area contributed by atoms with Gasteiger partial charge in [0.1, 0.15) is 18.4 Å². The summed E-state index contributed by atoms with van der Waals surface area (Å²) in [6, 6.07) is 25.3. The number of carbonyl (C=O) groups excluding carboxylic acids is 2. The van der Waals surface area contributed by atoms with Gasteiger partial charge in [0.05, 0.1) is 10.6 Å². The van der Waals surface area contributed by atoms with Crippen molar-refractivity contribution in [3.63, 3.8) is 0 Å². The summed E-state index contributed by atoms with van der Waals surface area (Å²) in [5, 5.41) is 3.49. The van der Waals surface area contributed by atoms with Gasteiger partial charge in [-0.25, -0.2) is 12.8 Å². The van der Waals surface area contributed by atoms with E-state index in [0.29, 0.717) is 10.6 Å². The molecule has 1 aliphatic carbocycles. The number of hydrogen-bond donors (Lipinski definition) is 1. The first kappa shape index (κ1) is 34.1. The largest absolute Gasteiger partial charge is 0.352 e. The van der Waals surface area contributed by atoms with E-state index in [0.717, 1.165) is 46.7 Å². The number of aryl methyl sites for hydroxylation is 2. The number of rotatable bonds is 12. The van der Waals surface area contributed by atoms with Crippen molar-refractivity contribution in [3.8, 4) is 0 Å². The topological polar surface area (TPSA) is 86.8 Å². The molecule has 1 N–H and O–H groups in total. The quantitative estimate of drug-likeness (QED) is 0.175. The van der Waals surface area contributed by atoms with Crippen LogP contribution in [0.4, 0.5) is 10.1 Å². The fourth-order valence-electron chi connectivity index (χ4n) is 5.81. The van der Waals surface area contributed by atoms with Crippen LogP contribution in [0.2, 0.25) is 5.02 Å². The minimum absolute atomic E-state index is 0.00309. The van der Waals surface area contributed by atoms with Crippen LogP contribution in [0.1, 0.15) is 47.9 Å². The molecule has 0 heterocycles. The van der Waals surface area contributed by atoms with Gasteiger partial charge >= 0.3 is 0 Å². The Morgan fingerprint density at radius 3 is 2.19 bits per heavy atom. The van der Waals surface area contributed by atoms with Gasteiger partial charge in [0.2, 0.25) is 11.8 Å². The molecule has 0 saturated heterocycles. The third-order valence-corrected chi connectivity index (χ3v) is 10.8. The maximum Gasteiger partial charge on any atom is 0.264 e. The highest BCUT2D eigenvalue weighted by atomic mass is 35.5. The minimum Gasteiger partial charge on any atom is -0.352 e. The molecule has 1 fully saturated rings. The van der Waals surface area contributed by atoms with Crippen molar-refractivity contribution >= 4 is 39.1 Å². The average Bonchev–Trinajstić information content (AvgIpc) is 3.57. The third-order valence-electron chi connectivity index (χ3n) is 8.57. The van der Waals surface area contributed by atoms with Gasteiger partial charge in [-0.15, -0.1) is 0 Å². The Bertz CT molecular complexity index is 1800. The summed E-state index contributed by atoms with van der Waals surface area (Å²) in [6.45, 7) is 3.02. The van der Waals surface area contributed by atoms with Crippen molar-refractivity contribution in [3.05, 3.63) is 130 Å². The van der Waals surface area contributed by atoms with Crippen LogP contribution in [0.5, 0.6) is 0 Å². The molecule has 1 aliphatic rings. The zero-order valence-corrected chi connectivity index (χ0v) is 28.1. The molecule has 0 spiro atoms. The maximum absolute atomic E-state index is 14.6. The first-order chi connectivity index (χ1) is 22.5. The zero-order valence-electron chi connectivity index (χ0n) is 26.5. The van der Waals surface area contributed by atoms with Gasteiger partial charge in [0.15, 0.2) is 0 Å². The predicted molar refractivity (Wildman–Crippen MR) is 183 cm³/mol. The van der Waals surface area contributed by atoms with Crippen molar-refractivity contribution in [1.82, 2.24) is 10.2 Å². The summed E-state index contributed by atoms with van der Waals surface area (Å²) in [5.74, 6) is -1.34. The lowest BCUT2D eigenvalue weighted by Gasteiger charge is -2.34. The summed E-state index contributed by atoms with van der Waals surface area (Å²) >= 11 is 6.46. The fraction of sp³-hybridized carbons (Fsp3) is 0.297. The lowest BCUT2D eigenvalue weighted by molar-refractivity contribution is -0.140. The number of anilines is 1. The molecule has 47 heavy (non-hydrogen) atoms. The highest BCUT2D eigenvalue weighted by Crippen LogP contribution is 2.29. The fourth-order valence-corrected chi connectivity index (χ4v) is 7.39. The van der Waals surface area contributed by atoms with E-state index in [1.165, 1.54) is 35.2 Å². The van der Waals surface area contributed by atoms with Gasteiger partial charge in [0.25, 0.3) is 10.0 Å². The zero-order chi connectivity index (χ0) is 33.6. The summed E-state index contributed by atoms with van der Waals surface area (Å²) in [4.78, 5) is 30.1. The maximum atomic E-state index is 14.6. The Balaban J connectivity index is 1.57. The molecule has 0 radical (unpaired) electrons. The summed E-state index contributed by atoms with van der Waals surface area (Å²) in [6.07, 6.45) is 3.93. The van der Waals surface area contributed by atoms with Crippen molar-refractivity contribution in [1.29, 1.82) is 0 Å². The number of nitrogens with one attached hydrogen (secondary N) is 1. The molecule has 5 rings (SSSR count). The van der Waals surface area contributed by atoms with E-state index in [2.05, 4.69) is 5.32 Å². The van der Waals surface area contributed by atoms with Gasteiger partial charge in [-0.3, -0.25) is 13.9 Å². The van der Waals surface area contributed by atoms with Crippen LogP contribution in [-0.4, -0.2) is 43.8 Å². The number of sulfonamides is 1. The van der Waals surface area contributed by atoms with Gasteiger partial charge in [0, 0.05) is 24.0 Å². The highest BCUT2D eigenvalue weighted by molar-refractivity contribution is 7.92. The first-order valence-electron chi connectivity index (χ1n) is 15.7. The summed E-state index contributed by atoms with van der Waals surface area (Å²) in [5.41, 5.74) is 3.28.